The number of Topliss-reactive ketones (excluding diaryl/α,β-unsaturated/α-hetero) is 1. The van der Waals surface area contributed by atoms with Crippen molar-refractivity contribution in [2.24, 2.45) is 0 Å². The Bertz CT molecular complexity index is 566. The fraction of sp³-hybridized carbons (Fsp3) is 0.906. The van der Waals surface area contributed by atoms with E-state index in [2.05, 4.69) is 22.5 Å². The van der Waals surface area contributed by atoms with E-state index in [-0.39, 0.29) is 30.4 Å². The maximum absolute atomic E-state index is 12.0. The Morgan fingerprint density at radius 1 is 0.474 bits per heavy atom. The van der Waals surface area contributed by atoms with Crippen molar-refractivity contribution < 1.29 is 14.4 Å². The summed E-state index contributed by atoms with van der Waals surface area (Å²) in [6, 6.07) is 0. The molecule has 0 saturated carbocycles. The van der Waals surface area contributed by atoms with Crippen LogP contribution < -0.4 is 10.6 Å². The molecule has 6 nitrogen and oxygen atoms in total. The average molecular weight is 538 g/mol. The van der Waals surface area contributed by atoms with Gasteiger partial charge in [-0.2, -0.15) is 0 Å². The van der Waals surface area contributed by atoms with Crippen LogP contribution in [0.25, 0.3) is 0 Å². The predicted molar refractivity (Wildman–Crippen MR) is 161 cm³/mol. The molecule has 0 bridgehead atoms. The highest BCUT2D eigenvalue weighted by molar-refractivity contribution is 5.84. The number of rotatable bonds is 29. The van der Waals surface area contributed by atoms with E-state index >= 15 is 0 Å². The predicted octanol–water partition coefficient (Wildman–Crippen LogP) is 7.34. The first-order chi connectivity index (χ1) is 18.5. The van der Waals surface area contributed by atoms with Gasteiger partial charge in [0.2, 0.25) is 11.8 Å². The van der Waals surface area contributed by atoms with Crippen molar-refractivity contribution >= 4 is 17.6 Å². The molecule has 0 aliphatic rings. The molecule has 0 aromatic carbocycles. The molecule has 0 rings (SSSR count). The molecular weight excluding hydrogens is 474 g/mol. The van der Waals surface area contributed by atoms with Gasteiger partial charge in [-0.1, -0.05) is 110 Å². The number of amides is 2. The first kappa shape index (κ1) is 36.6. The van der Waals surface area contributed by atoms with Crippen molar-refractivity contribution in [2.75, 3.05) is 33.7 Å². The summed E-state index contributed by atoms with van der Waals surface area (Å²) in [4.78, 5) is 37.8. The molecule has 0 saturated heterocycles. The molecule has 6 heteroatoms. The summed E-state index contributed by atoms with van der Waals surface area (Å²) in [6.45, 7) is 4.40. The first-order valence-electron chi connectivity index (χ1n) is 16.2. The van der Waals surface area contributed by atoms with Crippen molar-refractivity contribution in [3.8, 4) is 0 Å². The van der Waals surface area contributed by atoms with Crippen LogP contribution in [-0.4, -0.2) is 56.2 Å². The van der Waals surface area contributed by atoms with Crippen molar-refractivity contribution in [2.45, 2.75) is 155 Å². The zero-order chi connectivity index (χ0) is 28.1. The van der Waals surface area contributed by atoms with E-state index in [4.69, 9.17) is 0 Å². The molecule has 0 heterocycles. The van der Waals surface area contributed by atoms with Crippen molar-refractivity contribution in [3.05, 3.63) is 0 Å². The number of carbonyl (C=O) groups is 3. The Morgan fingerprint density at radius 2 is 0.895 bits per heavy atom. The SMILES string of the molecule is CCCCCCCCCCCCCCCCCCCC(=O)NCCCC(=O)CCC(=O)NCCCN(C)C. The number of carbonyl (C=O) groups excluding carboxylic acids is 3. The lowest BCUT2D eigenvalue weighted by Crippen LogP contribution is -2.27. The second kappa shape index (κ2) is 28.6. The van der Waals surface area contributed by atoms with Crippen LogP contribution in [0, 0.1) is 0 Å². The lowest BCUT2D eigenvalue weighted by atomic mass is 10.0. The topological polar surface area (TPSA) is 78.5 Å². The third kappa shape index (κ3) is 29.1. The molecule has 0 fully saturated rings. The van der Waals surface area contributed by atoms with Crippen LogP contribution in [0.1, 0.15) is 155 Å². The van der Waals surface area contributed by atoms with E-state index in [0.717, 1.165) is 25.8 Å². The minimum atomic E-state index is -0.0560. The number of hydrogen-bond acceptors (Lipinski definition) is 4. The van der Waals surface area contributed by atoms with Gasteiger partial charge < -0.3 is 15.5 Å². The second-order valence-corrected chi connectivity index (χ2v) is 11.4. The maximum atomic E-state index is 12.0. The van der Waals surface area contributed by atoms with Crippen LogP contribution >= 0.6 is 0 Å². The summed E-state index contributed by atoms with van der Waals surface area (Å²) in [7, 11) is 4.01. The Morgan fingerprint density at radius 3 is 1.37 bits per heavy atom. The van der Waals surface area contributed by atoms with Gasteiger partial charge in [-0.25, -0.2) is 0 Å². The smallest absolute Gasteiger partial charge is 0.220 e. The second-order valence-electron chi connectivity index (χ2n) is 11.4. The number of unbranched alkanes of at least 4 members (excludes halogenated alkanes) is 16. The van der Waals surface area contributed by atoms with Gasteiger partial charge in [0.15, 0.2) is 0 Å². The fourth-order valence-corrected chi connectivity index (χ4v) is 4.70. The highest BCUT2D eigenvalue weighted by Gasteiger charge is 2.07. The monoisotopic (exact) mass is 537 g/mol. The molecule has 0 atom stereocenters. The molecule has 0 aliphatic heterocycles. The molecule has 224 valence electrons. The number of hydrogen-bond donors (Lipinski definition) is 2. The number of nitrogens with zero attached hydrogens (tertiary/aromatic N) is 1. The van der Waals surface area contributed by atoms with Gasteiger partial charge in [0.05, 0.1) is 0 Å². The van der Waals surface area contributed by atoms with E-state index in [9.17, 15) is 14.4 Å². The summed E-state index contributed by atoms with van der Waals surface area (Å²) in [5.41, 5.74) is 0. The Labute approximate surface area is 235 Å². The van der Waals surface area contributed by atoms with Gasteiger partial charge in [0.1, 0.15) is 5.78 Å². The zero-order valence-electron chi connectivity index (χ0n) is 25.6. The van der Waals surface area contributed by atoms with Crippen molar-refractivity contribution in [3.63, 3.8) is 0 Å². The Kier molecular flexibility index (Phi) is 27.5. The average Bonchev–Trinajstić information content (AvgIpc) is 2.89. The molecule has 0 spiro atoms. The summed E-state index contributed by atoms with van der Waals surface area (Å²) in [6.07, 6.45) is 25.9. The minimum absolute atomic E-state index is 0.0560. The van der Waals surface area contributed by atoms with E-state index in [1.54, 1.807) is 0 Å². The van der Waals surface area contributed by atoms with Crippen LogP contribution in [0.4, 0.5) is 0 Å². The highest BCUT2D eigenvalue weighted by Crippen LogP contribution is 2.14. The van der Waals surface area contributed by atoms with Crippen LogP contribution in [0.5, 0.6) is 0 Å². The van der Waals surface area contributed by atoms with Gasteiger partial charge in [-0.3, -0.25) is 14.4 Å². The quantitative estimate of drug-likeness (QED) is 0.0978. The van der Waals surface area contributed by atoms with E-state index in [0.29, 0.717) is 32.4 Å². The van der Waals surface area contributed by atoms with Crippen LogP contribution in [0.15, 0.2) is 0 Å². The van der Waals surface area contributed by atoms with Crippen molar-refractivity contribution in [1.29, 1.82) is 0 Å². The Balaban J connectivity index is 3.35. The molecule has 0 aromatic rings. The van der Waals surface area contributed by atoms with Crippen molar-refractivity contribution in [1.82, 2.24) is 15.5 Å². The third-order valence-corrected chi connectivity index (χ3v) is 7.20. The normalized spacial score (nSPS) is 11.2. The van der Waals surface area contributed by atoms with E-state index in [1.165, 1.54) is 96.3 Å². The molecule has 38 heavy (non-hydrogen) atoms. The van der Waals surface area contributed by atoms with Gasteiger partial charge in [0, 0.05) is 38.8 Å². The number of nitrogens with one attached hydrogen (secondary N) is 2. The van der Waals surface area contributed by atoms with Crippen LogP contribution in [0.2, 0.25) is 0 Å². The Hall–Kier alpha value is -1.43. The zero-order valence-corrected chi connectivity index (χ0v) is 25.6. The highest BCUT2D eigenvalue weighted by atomic mass is 16.2. The van der Waals surface area contributed by atoms with Crippen LogP contribution in [0.3, 0.4) is 0 Å². The first-order valence-corrected chi connectivity index (χ1v) is 16.2. The fourth-order valence-electron chi connectivity index (χ4n) is 4.70. The lowest BCUT2D eigenvalue weighted by molar-refractivity contribution is -0.125. The maximum Gasteiger partial charge on any atom is 0.220 e. The van der Waals surface area contributed by atoms with Gasteiger partial charge in [-0.05, 0) is 39.9 Å². The minimum Gasteiger partial charge on any atom is -0.356 e. The largest absolute Gasteiger partial charge is 0.356 e. The van der Waals surface area contributed by atoms with E-state index in [1.807, 2.05) is 14.1 Å². The molecule has 0 aromatic heterocycles. The van der Waals surface area contributed by atoms with Crippen LogP contribution in [-0.2, 0) is 14.4 Å². The van der Waals surface area contributed by atoms with E-state index < -0.39 is 0 Å². The lowest BCUT2D eigenvalue weighted by Gasteiger charge is -2.09. The van der Waals surface area contributed by atoms with Gasteiger partial charge in [0.25, 0.3) is 0 Å². The molecule has 0 aliphatic carbocycles. The summed E-state index contributed by atoms with van der Waals surface area (Å²) < 4.78 is 0. The molecule has 0 unspecified atom stereocenters. The molecule has 2 N–H and O–H groups in total. The number of ketones is 1. The summed E-state index contributed by atoms with van der Waals surface area (Å²) >= 11 is 0. The summed E-state index contributed by atoms with van der Waals surface area (Å²) in [5, 5.41) is 5.78. The third-order valence-electron chi connectivity index (χ3n) is 7.20. The summed E-state index contributed by atoms with van der Waals surface area (Å²) in [5.74, 6) is 0.130. The molecular formula is C32H63N3O3. The standard InChI is InChI=1S/C32H63N3O3/c1-4-5-6-7-8-9-10-11-12-13-14-15-16-17-18-19-20-24-31(37)33-27-21-23-30(36)25-26-32(38)34-28-22-29-35(2)3/h4-29H2,1-3H3,(H,33,37)(H,34,38). The molecule has 2 amide bonds. The van der Waals surface area contributed by atoms with Gasteiger partial charge >= 0.3 is 0 Å². The molecule has 0 radical (unpaired) electrons. The van der Waals surface area contributed by atoms with Gasteiger partial charge in [-0.15, -0.1) is 0 Å².